The third-order valence-electron chi connectivity index (χ3n) is 2.39. The number of hydrogen-bond donors (Lipinski definition) is 2. The quantitative estimate of drug-likeness (QED) is 0.642. The number of nitrogens with one attached hydrogen (secondary N) is 1. The van der Waals surface area contributed by atoms with Gasteiger partial charge in [-0.25, -0.2) is 5.43 Å². The van der Waals surface area contributed by atoms with Crippen molar-refractivity contribution < 1.29 is 9.90 Å². The number of rotatable bonds is 4. The molecule has 0 aliphatic carbocycles. The van der Waals surface area contributed by atoms with E-state index in [9.17, 15) is 9.90 Å². The van der Waals surface area contributed by atoms with Crippen molar-refractivity contribution in [1.29, 1.82) is 0 Å². The molecule has 96 valence electrons. The molecule has 2 rings (SSSR count). The number of amides is 1. The average molecular weight is 255 g/mol. The Kier molecular flexibility index (Phi) is 4.23. The second kappa shape index (κ2) is 6.30. The summed E-state index contributed by atoms with van der Waals surface area (Å²) < 4.78 is 0. The Labute approximate surface area is 110 Å². The first-order valence-electron chi connectivity index (χ1n) is 5.74. The molecular formula is C14H13N3O2. The number of hydrogen-bond acceptors (Lipinski definition) is 4. The first-order chi connectivity index (χ1) is 9.24. The summed E-state index contributed by atoms with van der Waals surface area (Å²) in [5.74, 6) is -0.0466. The second-order valence-corrected chi connectivity index (χ2v) is 3.92. The number of aromatic nitrogens is 1. The van der Waals surface area contributed by atoms with Gasteiger partial charge in [0.25, 0.3) is 0 Å². The first kappa shape index (κ1) is 12.8. The van der Waals surface area contributed by atoms with Gasteiger partial charge < -0.3 is 5.11 Å². The van der Waals surface area contributed by atoms with Crippen LogP contribution in [0.2, 0.25) is 0 Å². The summed E-state index contributed by atoms with van der Waals surface area (Å²) in [6, 6.07) is 10.2. The molecule has 0 spiro atoms. The highest BCUT2D eigenvalue weighted by molar-refractivity contribution is 5.83. The van der Waals surface area contributed by atoms with Crippen LogP contribution in [-0.2, 0) is 11.2 Å². The Bertz CT molecular complexity index is 582. The van der Waals surface area contributed by atoms with Gasteiger partial charge in [0.2, 0.25) is 5.91 Å². The summed E-state index contributed by atoms with van der Waals surface area (Å²) in [5, 5.41) is 13.1. The number of benzene rings is 1. The van der Waals surface area contributed by atoms with Gasteiger partial charge in [0.05, 0.1) is 12.6 Å². The fourth-order valence-corrected chi connectivity index (χ4v) is 1.51. The Morgan fingerprint density at radius 1 is 1.32 bits per heavy atom. The van der Waals surface area contributed by atoms with Gasteiger partial charge >= 0.3 is 0 Å². The molecule has 0 fully saturated rings. The zero-order valence-corrected chi connectivity index (χ0v) is 10.2. The summed E-state index contributed by atoms with van der Waals surface area (Å²) in [6.07, 6.45) is 5.00. The lowest BCUT2D eigenvalue weighted by molar-refractivity contribution is -0.120. The van der Waals surface area contributed by atoms with Crippen LogP contribution in [0.3, 0.4) is 0 Å². The van der Waals surface area contributed by atoms with E-state index in [1.165, 1.54) is 6.21 Å². The van der Waals surface area contributed by atoms with Crippen LogP contribution in [-0.4, -0.2) is 22.2 Å². The number of hydrazone groups is 1. The lowest BCUT2D eigenvalue weighted by Crippen LogP contribution is -2.19. The smallest absolute Gasteiger partial charge is 0.244 e. The van der Waals surface area contributed by atoms with Crippen LogP contribution >= 0.6 is 0 Å². The van der Waals surface area contributed by atoms with Crippen molar-refractivity contribution >= 4 is 12.1 Å². The number of pyridine rings is 1. The monoisotopic (exact) mass is 255 g/mol. The number of phenols is 1. The minimum Gasteiger partial charge on any atom is -0.508 e. The van der Waals surface area contributed by atoms with E-state index < -0.39 is 0 Å². The zero-order chi connectivity index (χ0) is 13.5. The van der Waals surface area contributed by atoms with Crippen molar-refractivity contribution in [2.24, 2.45) is 5.10 Å². The van der Waals surface area contributed by atoms with Crippen LogP contribution in [0, 0.1) is 0 Å². The molecule has 0 bridgehead atoms. The summed E-state index contributed by atoms with van der Waals surface area (Å²) >= 11 is 0. The number of nitrogens with zero attached hydrogens (tertiary/aromatic N) is 2. The number of carbonyl (C=O) groups is 1. The summed E-state index contributed by atoms with van der Waals surface area (Å²) in [5.41, 5.74) is 4.01. The molecule has 1 aromatic carbocycles. The Hall–Kier alpha value is -2.69. The van der Waals surface area contributed by atoms with E-state index in [0.29, 0.717) is 5.56 Å². The summed E-state index contributed by atoms with van der Waals surface area (Å²) in [6.45, 7) is 0. The molecule has 5 nitrogen and oxygen atoms in total. The molecule has 2 N–H and O–H groups in total. The molecule has 0 aliphatic rings. The van der Waals surface area contributed by atoms with Crippen molar-refractivity contribution in [3.63, 3.8) is 0 Å². The van der Waals surface area contributed by atoms with Crippen LogP contribution in [0.4, 0.5) is 0 Å². The van der Waals surface area contributed by atoms with Crippen molar-refractivity contribution in [2.75, 3.05) is 0 Å². The van der Waals surface area contributed by atoms with Crippen molar-refractivity contribution in [3.8, 4) is 5.75 Å². The Morgan fingerprint density at radius 3 is 2.84 bits per heavy atom. The molecule has 2 aromatic rings. The van der Waals surface area contributed by atoms with Crippen molar-refractivity contribution in [1.82, 2.24) is 10.4 Å². The third-order valence-corrected chi connectivity index (χ3v) is 2.39. The zero-order valence-electron chi connectivity index (χ0n) is 10.2. The maximum Gasteiger partial charge on any atom is 0.244 e. The van der Waals surface area contributed by atoms with E-state index in [2.05, 4.69) is 15.5 Å². The summed E-state index contributed by atoms with van der Waals surface area (Å²) in [7, 11) is 0. The molecule has 1 amide bonds. The maximum atomic E-state index is 11.6. The molecule has 0 atom stereocenters. The van der Waals surface area contributed by atoms with Crippen molar-refractivity contribution in [2.45, 2.75) is 6.42 Å². The minimum atomic E-state index is -0.206. The van der Waals surface area contributed by atoms with E-state index in [0.717, 1.165) is 5.56 Å². The molecule has 0 aliphatic heterocycles. The molecule has 1 aromatic heterocycles. The van der Waals surface area contributed by atoms with Gasteiger partial charge in [-0.2, -0.15) is 5.10 Å². The van der Waals surface area contributed by atoms with Gasteiger partial charge in [-0.1, -0.05) is 12.1 Å². The maximum absolute atomic E-state index is 11.6. The van der Waals surface area contributed by atoms with E-state index in [1.54, 1.807) is 48.8 Å². The summed E-state index contributed by atoms with van der Waals surface area (Å²) in [4.78, 5) is 15.5. The van der Waals surface area contributed by atoms with Gasteiger partial charge in [-0.15, -0.1) is 0 Å². The van der Waals surface area contributed by atoms with Crippen LogP contribution in [0.15, 0.2) is 53.9 Å². The average Bonchev–Trinajstić information content (AvgIpc) is 2.40. The van der Waals surface area contributed by atoms with Gasteiger partial charge in [0, 0.05) is 12.4 Å². The molecule has 5 heteroatoms. The fraction of sp³-hybridized carbons (Fsp3) is 0.0714. The predicted molar refractivity (Wildman–Crippen MR) is 71.8 cm³/mol. The standard InChI is InChI=1S/C14H13N3O2/c18-13-3-1-2-12(8-13)10-16-17-14(19)9-11-4-6-15-7-5-11/h1-8,10,18H,9H2,(H,17,19). The van der Waals surface area contributed by atoms with Crippen LogP contribution in [0.5, 0.6) is 5.75 Å². The molecule has 1 heterocycles. The first-order valence-corrected chi connectivity index (χ1v) is 5.74. The topological polar surface area (TPSA) is 74.6 Å². The highest BCUT2D eigenvalue weighted by Gasteiger charge is 2.00. The van der Waals surface area contributed by atoms with Gasteiger partial charge in [0.15, 0.2) is 0 Å². The third kappa shape index (κ3) is 4.23. The van der Waals surface area contributed by atoms with Gasteiger partial charge in [-0.3, -0.25) is 9.78 Å². The number of aromatic hydroxyl groups is 1. The predicted octanol–water partition coefficient (Wildman–Crippen LogP) is 1.48. The lowest BCUT2D eigenvalue weighted by Gasteiger charge is -1.99. The molecule has 0 unspecified atom stereocenters. The normalized spacial score (nSPS) is 10.5. The van der Waals surface area contributed by atoms with Crippen LogP contribution < -0.4 is 5.43 Å². The van der Waals surface area contributed by atoms with Crippen molar-refractivity contribution in [3.05, 3.63) is 59.9 Å². The molecule has 0 radical (unpaired) electrons. The van der Waals surface area contributed by atoms with E-state index >= 15 is 0 Å². The lowest BCUT2D eigenvalue weighted by atomic mass is 10.2. The van der Waals surface area contributed by atoms with Gasteiger partial charge in [-0.05, 0) is 35.4 Å². The number of phenolic OH excluding ortho intramolecular Hbond substituents is 1. The second-order valence-electron chi connectivity index (χ2n) is 3.92. The molecule has 19 heavy (non-hydrogen) atoms. The van der Waals surface area contributed by atoms with Crippen LogP contribution in [0.1, 0.15) is 11.1 Å². The molecular weight excluding hydrogens is 242 g/mol. The van der Waals surface area contributed by atoms with Gasteiger partial charge in [0.1, 0.15) is 5.75 Å². The Morgan fingerprint density at radius 2 is 2.11 bits per heavy atom. The van der Waals surface area contributed by atoms with Crippen LogP contribution in [0.25, 0.3) is 0 Å². The van der Waals surface area contributed by atoms with E-state index in [1.807, 2.05) is 0 Å². The highest BCUT2D eigenvalue weighted by atomic mass is 16.3. The molecule has 0 saturated carbocycles. The van der Waals surface area contributed by atoms with E-state index in [-0.39, 0.29) is 18.1 Å². The largest absolute Gasteiger partial charge is 0.508 e. The fourth-order valence-electron chi connectivity index (χ4n) is 1.51. The highest BCUT2D eigenvalue weighted by Crippen LogP contribution is 2.08. The van der Waals surface area contributed by atoms with E-state index in [4.69, 9.17) is 0 Å². The number of carbonyl (C=O) groups excluding carboxylic acids is 1. The molecule has 0 saturated heterocycles. The SMILES string of the molecule is O=C(Cc1ccncc1)NN=Cc1cccc(O)c1. The minimum absolute atomic E-state index is 0.159. The Balaban J connectivity index is 1.87.